The van der Waals surface area contributed by atoms with E-state index in [0.717, 1.165) is 19.5 Å². The molecule has 3 nitrogen and oxygen atoms in total. The van der Waals surface area contributed by atoms with Crippen molar-refractivity contribution in [2.75, 3.05) is 19.6 Å². The fraction of sp³-hybridized carbons (Fsp3) is 0.611. The van der Waals surface area contributed by atoms with Gasteiger partial charge in [0, 0.05) is 19.1 Å². The van der Waals surface area contributed by atoms with E-state index in [0.29, 0.717) is 12.5 Å². The minimum absolute atomic E-state index is 0.177. The van der Waals surface area contributed by atoms with E-state index in [1.165, 1.54) is 11.1 Å². The maximum absolute atomic E-state index is 12.1. The number of hydrogen-bond donors (Lipinski definition) is 1. The van der Waals surface area contributed by atoms with Gasteiger partial charge in [-0.3, -0.25) is 4.79 Å². The van der Waals surface area contributed by atoms with Crippen molar-refractivity contribution in [3.8, 4) is 0 Å². The van der Waals surface area contributed by atoms with Gasteiger partial charge in [-0.2, -0.15) is 0 Å². The number of amides is 1. The van der Waals surface area contributed by atoms with Gasteiger partial charge in [0.15, 0.2) is 0 Å². The number of aryl methyl sites for hydroxylation is 1. The van der Waals surface area contributed by atoms with Crippen LogP contribution in [-0.4, -0.2) is 30.4 Å². The van der Waals surface area contributed by atoms with E-state index >= 15 is 0 Å². The minimum Gasteiger partial charge on any atom is -0.342 e. The summed E-state index contributed by atoms with van der Waals surface area (Å²) in [5, 5.41) is 3.43. The lowest BCUT2D eigenvalue weighted by atomic mass is 9.95. The molecule has 118 valence electrons. The van der Waals surface area contributed by atoms with E-state index in [1.54, 1.807) is 0 Å². The Morgan fingerprint density at radius 3 is 2.10 bits per heavy atom. The molecule has 0 bridgehead atoms. The average molecular weight is 290 g/mol. The first kappa shape index (κ1) is 17.7. The van der Waals surface area contributed by atoms with E-state index in [2.05, 4.69) is 50.4 Å². The molecule has 0 saturated carbocycles. The Hall–Kier alpha value is -1.35. The van der Waals surface area contributed by atoms with E-state index in [1.807, 2.05) is 18.7 Å². The van der Waals surface area contributed by atoms with Gasteiger partial charge in [0.05, 0.1) is 6.54 Å². The molecule has 0 aliphatic rings. The molecule has 1 atom stereocenters. The summed E-state index contributed by atoms with van der Waals surface area (Å²) in [7, 11) is 0. The van der Waals surface area contributed by atoms with Crippen LogP contribution in [0, 0.1) is 5.92 Å². The second kappa shape index (κ2) is 8.83. The summed E-state index contributed by atoms with van der Waals surface area (Å²) in [5.74, 6) is 0.623. The van der Waals surface area contributed by atoms with E-state index in [9.17, 15) is 4.79 Å². The highest BCUT2D eigenvalue weighted by Crippen LogP contribution is 2.22. The van der Waals surface area contributed by atoms with E-state index < -0.39 is 0 Å². The highest BCUT2D eigenvalue weighted by atomic mass is 16.2. The third-order valence-electron chi connectivity index (χ3n) is 4.00. The molecule has 0 spiro atoms. The van der Waals surface area contributed by atoms with Crippen LogP contribution in [0.15, 0.2) is 24.3 Å². The molecule has 1 unspecified atom stereocenters. The molecule has 0 aliphatic heterocycles. The summed E-state index contributed by atoms with van der Waals surface area (Å²) in [6.07, 6.45) is 1.06. The van der Waals surface area contributed by atoms with Crippen LogP contribution in [0.3, 0.4) is 0 Å². The molecule has 1 N–H and O–H groups in total. The molecule has 21 heavy (non-hydrogen) atoms. The van der Waals surface area contributed by atoms with Crippen LogP contribution in [0.25, 0.3) is 0 Å². The van der Waals surface area contributed by atoms with Gasteiger partial charge in [-0.05, 0) is 37.3 Å². The molecule has 0 aliphatic carbocycles. The zero-order valence-electron chi connectivity index (χ0n) is 14.1. The van der Waals surface area contributed by atoms with Gasteiger partial charge >= 0.3 is 0 Å². The number of benzene rings is 1. The van der Waals surface area contributed by atoms with Gasteiger partial charge in [-0.15, -0.1) is 0 Å². The molecular formula is C18H30N2O. The van der Waals surface area contributed by atoms with Crippen molar-refractivity contribution in [3.05, 3.63) is 35.4 Å². The second-order valence-corrected chi connectivity index (χ2v) is 5.76. The summed E-state index contributed by atoms with van der Waals surface area (Å²) in [6, 6.07) is 8.93. The normalized spacial score (nSPS) is 12.5. The zero-order valence-corrected chi connectivity index (χ0v) is 14.1. The van der Waals surface area contributed by atoms with Crippen molar-refractivity contribution in [2.24, 2.45) is 5.92 Å². The standard InChI is InChI=1S/C18H30N2O/c1-6-15-9-11-16(12-10-15)18(14(4)5)19-13-17(21)20(7-2)8-3/h9-12,14,18-19H,6-8,13H2,1-5H3. The van der Waals surface area contributed by atoms with Gasteiger partial charge in [0.2, 0.25) is 5.91 Å². The summed E-state index contributed by atoms with van der Waals surface area (Å²) in [5.41, 5.74) is 2.61. The first-order valence-electron chi connectivity index (χ1n) is 8.13. The highest BCUT2D eigenvalue weighted by molar-refractivity contribution is 5.78. The first-order chi connectivity index (χ1) is 10.0. The minimum atomic E-state index is 0.177. The van der Waals surface area contributed by atoms with Gasteiger partial charge in [-0.25, -0.2) is 0 Å². The molecule has 0 saturated heterocycles. The first-order valence-corrected chi connectivity index (χ1v) is 8.13. The molecule has 0 radical (unpaired) electrons. The zero-order chi connectivity index (χ0) is 15.8. The topological polar surface area (TPSA) is 32.3 Å². The Morgan fingerprint density at radius 2 is 1.67 bits per heavy atom. The van der Waals surface area contributed by atoms with Crippen molar-refractivity contribution in [2.45, 2.75) is 47.1 Å². The maximum atomic E-state index is 12.1. The quantitative estimate of drug-likeness (QED) is 0.796. The van der Waals surface area contributed by atoms with Crippen LogP contribution < -0.4 is 5.32 Å². The number of rotatable bonds is 8. The van der Waals surface area contributed by atoms with Crippen molar-refractivity contribution in [1.29, 1.82) is 0 Å². The van der Waals surface area contributed by atoms with Crippen LogP contribution in [0.4, 0.5) is 0 Å². The van der Waals surface area contributed by atoms with Crippen molar-refractivity contribution >= 4 is 5.91 Å². The Balaban J connectivity index is 2.71. The lowest BCUT2D eigenvalue weighted by Crippen LogP contribution is -2.40. The van der Waals surface area contributed by atoms with Gasteiger partial charge in [-0.1, -0.05) is 45.0 Å². The smallest absolute Gasteiger partial charge is 0.236 e. The number of likely N-dealkylation sites (N-methyl/N-ethyl adjacent to an activating group) is 1. The predicted octanol–water partition coefficient (Wildman–Crippen LogP) is 3.40. The largest absolute Gasteiger partial charge is 0.342 e. The summed E-state index contributed by atoms with van der Waals surface area (Å²) >= 11 is 0. The highest BCUT2D eigenvalue weighted by Gasteiger charge is 2.18. The molecule has 0 fully saturated rings. The summed E-state index contributed by atoms with van der Waals surface area (Å²) < 4.78 is 0. The van der Waals surface area contributed by atoms with Gasteiger partial charge in [0.25, 0.3) is 0 Å². The molecule has 3 heteroatoms. The van der Waals surface area contributed by atoms with Crippen LogP contribution in [0.1, 0.15) is 51.8 Å². The molecule has 1 amide bonds. The van der Waals surface area contributed by atoms with E-state index in [4.69, 9.17) is 0 Å². The van der Waals surface area contributed by atoms with Crippen LogP contribution >= 0.6 is 0 Å². The number of nitrogens with one attached hydrogen (secondary N) is 1. The molecule has 0 heterocycles. The molecule has 1 aromatic rings. The number of carbonyl (C=O) groups is 1. The van der Waals surface area contributed by atoms with Gasteiger partial charge in [0.1, 0.15) is 0 Å². The average Bonchev–Trinajstić information content (AvgIpc) is 2.49. The number of carbonyl (C=O) groups excluding carboxylic acids is 1. The summed E-state index contributed by atoms with van der Waals surface area (Å²) in [6.45, 7) is 12.5. The lowest BCUT2D eigenvalue weighted by Gasteiger charge is -2.25. The van der Waals surface area contributed by atoms with Crippen LogP contribution in [0.5, 0.6) is 0 Å². The SMILES string of the molecule is CCc1ccc(C(NCC(=O)N(CC)CC)C(C)C)cc1. The molecule has 1 rings (SSSR count). The fourth-order valence-corrected chi connectivity index (χ4v) is 2.58. The molecule has 0 aromatic heterocycles. The van der Waals surface area contributed by atoms with Gasteiger partial charge < -0.3 is 10.2 Å². The van der Waals surface area contributed by atoms with Crippen molar-refractivity contribution in [1.82, 2.24) is 10.2 Å². The lowest BCUT2D eigenvalue weighted by molar-refractivity contribution is -0.130. The Kier molecular flexibility index (Phi) is 7.44. The van der Waals surface area contributed by atoms with Crippen LogP contribution in [0.2, 0.25) is 0 Å². The Labute approximate surface area is 129 Å². The third-order valence-corrected chi connectivity index (χ3v) is 4.00. The monoisotopic (exact) mass is 290 g/mol. The van der Waals surface area contributed by atoms with Crippen molar-refractivity contribution < 1.29 is 4.79 Å². The number of nitrogens with zero attached hydrogens (tertiary/aromatic N) is 1. The predicted molar refractivity (Wildman–Crippen MR) is 89.3 cm³/mol. The molecule has 1 aromatic carbocycles. The summed E-state index contributed by atoms with van der Waals surface area (Å²) in [4.78, 5) is 14.0. The van der Waals surface area contributed by atoms with Crippen LogP contribution in [-0.2, 0) is 11.2 Å². The van der Waals surface area contributed by atoms with Crippen molar-refractivity contribution in [3.63, 3.8) is 0 Å². The maximum Gasteiger partial charge on any atom is 0.236 e. The fourth-order valence-electron chi connectivity index (χ4n) is 2.58. The Morgan fingerprint density at radius 1 is 1.10 bits per heavy atom. The Bertz CT molecular complexity index is 421. The van der Waals surface area contributed by atoms with E-state index in [-0.39, 0.29) is 11.9 Å². The number of hydrogen-bond acceptors (Lipinski definition) is 2. The second-order valence-electron chi connectivity index (χ2n) is 5.76. The molecular weight excluding hydrogens is 260 g/mol. The third kappa shape index (κ3) is 5.16.